The molecule has 4 rings (SSSR count). The molecule has 1 heterocycles. The molecule has 0 unspecified atom stereocenters. The molecule has 0 aromatic heterocycles. The van der Waals surface area contributed by atoms with Gasteiger partial charge in [-0.05, 0) is 48.2 Å². The lowest BCUT2D eigenvalue weighted by atomic mass is 10.1. The Bertz CT molecular complexity index is 833. The second-order valence-electron chi connectivity index (χ2n) is 6.86. The Kier molecular flexibility index (Phi) is 5.25. The highest BCUT2D eigenvalue weighted by Crippen LogP contribution is 2.36. The van der Waals surface area contributed by atoms with Crippen molar-refractivity contribution in [2.24, 2.45) is 0 Å². The van der Waals surface area contributed by atoms with E-state index in [1.807, 2.05) is 41.3 Å². The van der Waals surface area contributed by atoms with E-state index in [2.05, 4.69) is 15.9 Å². The maximum Gasteiger partial charge on any atom is 0.227 e. The monoisotopic (exact) mass is 431 g/mol. The SMILES string of the molecule is COc1ccc(CN(C(=O)Cc2cc3c(cc2Br)OCCO3)C2CC2)cc1. The summed E-state index contributed by atoms with van der Waals surface area (Å²) in [5.74, 6) is 2.39. The lowest BCUT2D eigenvalue weighted by molar-refractivity contribution is -0.131. The molecule has 2 aliphatic rings. The number of rotatable bonds is 6. The molecule has 0 spiro atoms. The molecule has 0 radical (unpaired) electrons. The van der Waals surface area contributed by atoms with E-state index in [9.17, 15) is 4.79 Å². The van der Waals surface area contributed by atoms with Gasteiger partial charge in [0.25, 0.3) is 0 Å². The van der Waals surface area contributed by atoms with Gasteiger partial charge >= 0.3 is 0 Å². The Balaban J connectivity index is 1.49. The van der Waals surface area contributed by atoms with Crippen LogP contribution in [0.15, 0.2) is 40.9 Å². The van der Waals surface area contributed by atoms with Crippen molar-refractivity contribution in [2.45, 2.75) is 31.8 Å². The summed E-state index contributed by atoms with van der Waals surface area (Å²) < 4.78 is 17.3. The van der Waals surface area contributed by atoms with Crippen LogP contribution in [0.1, 0.15) is 24.0 Å². The van der Waals surface area contributed by atoms with E-state index in [-0.39, 0.29) is 5.91 Å². The molecule has 2 aromatic carbocycles. The fraction of sp³-hybridized carbons (Fsp3) is 0.381. The van der Waals surface area contributed by atoms with Gasteiger partial charge in [-0.3, -0.25) is 4.79 Å². The summed E-state index contributed by atoms with van der Waals surface area (Å²) in [6.07, 6.45) is 2.48. The quantitative estimate of drug-likeness (QED) is 0.694. The topological polar surface area (TPSA) is 48.0 Å². The standard InChI is InChI=1S/C21H22BrNO4/c1-25-17-6-2-14(3-7-17)13-23(16-4-5-16)21(24)11-15-10-19-20(12-18(15)22)27-9-8-26-19/h2-3,6-7,10,12,16H,4-5,8-9,11,13H2,1H3. The molecular formula is C21H22BrNO4. The number of halogens is 1. The van der Waals surface area contributed by atoms with Crippen LogP contribution >= 0.6 is 15.9 Å². The molecule has 5 nitrogen and oxygen atoms in total. The van der Waals surface area contributed by atoms with Crippen molar-refractivity contribution >= 4 is 21.8 Å². The third kappa shape index (κ3) is 4.21. The molecule has 0 bridgehead atoms. The molecule has 142 valence electrons. The maximum atomic E-state index is 13.1. The third-order valence-corrected chi connectivity index (χ3v) is 5.61. The van der Waals surface area contributed by atoms with Crippen LogP contribution in [0.3, 0.4) is 0 Å². The minimum Gasteiger partial charge on any atom is -0.497 e. The number of benzene rings is 2. The molecule has 0 saturated heterocycles. The van der Waals surface area contributed by atoms with Crippen molar-refractivity contribution in [3.63, 3.8) is 0 Å². The molecule has 27 heavy (non-hydrogen) atoms. The number of hydrogen-bond donors (Lipinski definition) is 0. The molecular weight excluding hydrogens is 410 g/mol. The molecule has 6 heteroatoms. The average Bonchev–Trinajstić information content (AvgIpc) is 3.52. The maximum absolute atomic E-state index is 13.1. The van der Waals surface area contributed by atoms with E-state index in [1.54, 1.807) is 7.11 Å². The Morgan fingerprint density at radius 2 is 1.81 bits per heavy atom. The fourth-order valence-electron chi connectivity index (χ4n) is 3.24. The highest BCUT2D eigenvalue weighted by molar-refractivity contribution is 9.10. The van der Waals surface area contributed by atoms with Crippen LogP contribution < -0.4 is 14.2 Å². The fourth-order valence-corrected chi connectivity index (χ4v) is 3.70. The van der Waals surface area contributed by atoms with Gasteiger partial charge in [0.1, 0.15) is 19.0 Å². The number of methoxy groups -OCH3 is 1. The second kappa shape index (κ2) is 7.80. The van der Waals surface area contributed by atoms with E-state index in [1.165, 1.54) is 0 Å². The number of hydrogen-bond acceptors (Lipinski definition) is 4. The van der Waals surface area contributed by atoms with Crippen molar-refractivity contribution < 1.29 is 19.0 Å². The molecule has 0 N–H and O–H groups in total. The van der Waals surface area contributed by atoms with Gasteiger partial charge < -0.3 is 19.1 Å². The van der Waals surface area contributed by atoms with Gasteiger partial charge in [0.05, 0.1) is 13.5 Å². The van der Waals surface area contributed by atoms with Crippen LogP contribution in [0.5, 0.6) is 17.2 Å². The molecule has 1 aliphatic carbocycles. The predicted octanol–water partition coefficient (Wildman–Crippen LogP) is 3.96. The van der Waals surface area contributed by atoms with Crippen LogP contribution in [-0.4, -0.2) is 37.2 Å². The number of carbonyl (C=O) groups is 1. The number of carbonyl (C=O) groups excluding carboxylic acids is 1. The molecule has 1 amide bonds. The number of ether oxygens (including phenoxy) is 3. The average molecular weight is 432 g/mol. The van der Waals surface area contributed by atoms with Crippen LogP contribution in [0.25, 0.3) is 0 Å². The minimum absolute atomic E-state index is 0.130. The summed E-state index contributed by atoms with van der Waals surface area (Å²) in [6.45, 7) is 1.71. The molecule has 2 aromatic rings. The van der Waals surface area contributed by atoms with Gasteiger partial charge in [-0.1, -0.05) is 28.1 Å². The van der Waals surface area contributed by atoms with Crippen LogP contribution in [0, 0.1) is 0 Å². The Hall–Kier alpha value is -2.21. The first-order chi connectivity index (χ1) is 13.1. The molecule has 0 atom stereocenters. The zero-order chi connectivity index (χ0) is 18.8. The number of fused-ring (bicyclic) bond motifs is 1. The zero-order valence-electron chi connectivity index (χ0n) is 15.2. The summed E-state index contributed by atoms with van der Waals surface area (Å²) in [5, 5.41) is 0. The smallest absolute Gasteiger partial charge is 0.227 e. The van der Waals surface area contributed by atoms with E-state index >= 15 is 0 Å². The van der Waals surface area contributed by atoms with Crippen molar-refractivity contribution in [3.05, 3.63) is 52.0 Å². The van der Waals surface area contributed by atoms with Gasteiger partial charge in [-0.25, -0.2) is 0 Å². The Morgan fingerprint density at radius 1 is 1.15 bits per heavy atom. The molecule has 1 fully saturated rings. The van der Waals surface area contributed by atoms with Gasteiger partial charge in [0.2, 0.25) is 5.91 Å². The first kappa shape index (κ1) is 18.2. The lowest BCUT2D eigenvalue weighted by Gasteiger charge is -2.24. The molecule has 1 saturated carbocycles. The summed E-state index contributed by atoms with van der Waals surface area (Å²) in [7, 11) is 1.65. The van der Waals surface area contributed by atoms with E-state index in [4.69, 9.17) is 14.2 Å². The summed E-state index contributed by atoms with van der Waals surface area (Å²) in [5.41, 5.74) is 2.03. The normalized spacial score (nSPS) is 15.3. The van der Waals surface area contributed by atoms with E-state index in [0.29, 0.717) is 38.0 Å². The first-order valence-corrected chi connectivity index (χ1v) is 9.94. The van der Waals surface area contributed by atoms with Crippen LogP contribution in [0.2, 0.25) is 0 Å². The third-order valence-electron chi connectivity index (χ3n) is 4.87. The number of amides is 1. The van der Waals surface area contributed by atoms with E-state index in [0.717, 1.165) is 39.9 Å². The first-order valence-electron chi connectivity index (χ1n) is 9.14. The van der Waals surface area contributed by atoms with Gasteiger partial charge in [0.15, 0.2) is 11.5 Å². The zero-order valence-corrected chi connectivity index (χ0v) is 16.8. The van der Waals surface area contributed by atoms with Crippen LogP contribution in [-0.2, 0) is 17.8 Å². The highest BCUT2D eigenvalue weighted by Gasteiger charge is 2.32. The lowest BCUT2D eigenvalue weighted by Crippen LogP contribution is -2.34. The second-order valence-corrected chi connectivity index (χ2v) is 7.72. The van der Waals surface area contributed by atoms with Crippen molar-refractivity contribution in [1.82, 2.24) is 4.90 Å². The largest absolute Gasteiger partial charge is 0.497 e. The number of nitrogens with zero attached hydrogens (tertiary/aromatic N) is 1. The van der Waals surface area contributed by atoms with Gasteiger partial charge in [-0.2, -0.15) is 0 Å². The summed E-state index contributed by atoms with van der Waals surface area (Å²) >= 11 is 3.57. The molecule has 1 aliphatic heterocycles. The predicted molar refractivity (Wildman–Crippen MR) is 105 cm³/mol. The minimum atomic E-state index is 0.130. The van der Waals surface area contributed by atoms with Crippen molar-refractivity contribution in [2.75, 3.05) is 20.3 Å². The Morgan fingerprint density at radius 3 is 2.44 bits per heavy atom. The summed E-state index contributed by atoms with van der Waals surface area (Å²) in [6, 6.07) is 12.0. The summed E-state index contributed by atoms with van der Waals surface area (Å²) in [4.78, 5) is 15.0. The van der Waals surface area contributed by atoms with Gasteiger partial charge in [0, 0.05) is 17.1 Å². The van der Waals surface area contributed by atoms with Gasteiger partial charge in [-0.15, -0.1) is 0 Å². The van der Waals surface area contributed by atoms with Crippen LogP contribution in [0.4, 0.5) is 0 Å². The highest BCUT2D eigenvalue weighted by atomic mass is 79.9. The van der Waals surface area contributed by atoms with Crippen molar-refractivity contribution in [1.29, 1.82) is 0 Å². The van der Waals surface area contributed by atoms with Crippen molar-refractivity contribution in [3.8, 4) is 17.2 Å². The van der Waals surface area contributed by atoms with E-state index < -0.39 is 0 Å². The Labute approximate surface area is 167 Å².